The van der Waals surface area contributed by atoms with Gasteiger partial charge in [0.25, 0.3) is 5.92 Å². The van der Waals surface area contributed by atoms with Crippen molar-refractivity contribution in [3.8, 4) is 0 Å². The molecule has 3 heteroatoms. The van der Waals surface area contributed by atoms with Crippen LogP contribution in [0.25, 0.3) is 0 Å². The van der Waals surface area contributed by atoms with Gasteiger partial charge in [-0.05, 0) is 13.8 Å². The molecule has 1 unspecified atom stereocenters. The summed E-state index contributed by atoms with van der Waals surface area (Å²) in [5.41, 5.74) is 0. The van der Waals surface area contributed by atoms with Gasteiger partial charge in [-0.2, -0.15) is 0 Å². The highest BCUT2D eigenvalue weighted by atomic mass is 19.3. The normalized spacial score (nSPS) is 27.0. The monoisotopic (exact) mass is 207 g/mol. The van der Waals surface area contributed by atoms with Gasteiger partial charge in [-0.1, -0.05) is 20.8 Å². The molecule has 1 nitrogen and oxygen atoms in total. The van der Waals surface area contributed by atoms with E-state index in [9.17, 15) is 8.78 Å². The number of piperidine rings is 1. The number of hydrogen-bond donors (Lipinski definition) is 0. The lowest BCUT2D eigenvalue weighted by atomic mass is 9.95. The van der Waals surface area contributed by atoms with E-state index in [1.807, 2.05) is 13.8 Å². The van der Waals surface area contributed by atoms with Crippen LogP contribution in [0.1, 0.15) is 41.0 Å². The molecule has 1 atom stereocenters. The number of likely N-dealkylation sites (tertiary alicyclic amines) is 1. The van der Waals surface area contributed by atoms with Crippen LogP contribution in [0.2, 0.25) is 0 Å². The number of alkyl halides is 2. The molecule has 14 heavy (non-hydrogen) atoms. The van der Waals surface area contributed by atoms with E-state index < -0.39 is 11.8 Å². The van der Waals surface area contributed by atoms with Crippen molar-refractivity contribution in [3.63, 3.8) is 0 Å². The van der Waals surface area contributed by atoms with Gasteiger partial charge in [0.05, 0.1) is 0 Å². The Morgan fingerprint density at radius 1 is 1.29 bits per heavy atom. The van der Waals surface area contributed by atoms with E-state index in [1.54, 1.807) is 6.92 Å². The van der Waals surface area contributed by atoms with E-state index in [-0.39, 0.29) is 6.42 Å². The molecular weight excluding hydrogens is 184 g/mol. The summed E-state index contributed by atoms with van der Waals surface area (Å²) in [6.45, 7) is 10.8. The average Bonchev–Trinajstić information content (AvgIpc) is 2.13. The van der Waals surface area contributed by atoms with Crippen molar-refractivity contribution >= 4 is 0 Å². The lowest BCUT2D eigenvalue weighted by molar-refractivity contribution is -0.104. The minimum Gasteiger partial charge on any atom is -0.300 e. The summed E-state index contributed by atoms with van der Waals surface area (Å²) in [5.74, 6) is -2.93. The first-order valence-corrected chi connectivity index (χ1v) is 5.55. The molecule has 0 N–H and O–H groups in total. The molecule has 0 aliphatic carbocycles. The second-order valence-corrected chi connectivity index (χ2v) is 4.00. The predicted octanol–water partition coefficient (Wildman–Crippen LogP) is 3.40. The van der Waals surface area contributed by atoms with Gasteiger partial charge in [0, 0.05) is 31.5 Å². The molecule has 0 spiro atoms. The fraction of sp³-hybridized carbons (Fsp3) is 1.00. The molecule has 86 valence electrons. The van der Waals surface area contributed by atoms with E-state index >= 15 is 0 Å². The predicted molar refractivity (Wildman–Crippen MR) is 56.8 cm³/mol. The van der Waals surface area contributed by atoms with Crippen LogP contribution in [0, 0.1) is 5.92 Å². The van der Waals surface area contributed by atoms with Gasteiger partial charge < -0.3 is 4.90 Å². The zero-order valence-electron chi connectivity index (χ0n) is 9.98. The molecule has 0 radical (unpaired) electrons. The van der Waals surface area contributed by atoms with Gasteiger partial charge >= 0.3 is 0 Å². The van der Waals surface area contributed by atoms with Gasteiger partial charge in [0.15, 0.2) is 0 Å². The number of rotatable bonds is 1. The third-order valence-electron chi connectivity index (χ3n) is 2.69. The van der Waals surface area contributed by atoms with Gasteiger partial charge in [0.1, 0.15) is 0 Å². The van der Waals surface area contributed by atoms with Crippen molar-refractivity contribution in [2.75, 3.05) is 13.1 Å². The van der Waals surface area contributed by atoms with E-state index in [1.165, 1.54) is 0 Å². The van der Waals surface area contributed by atoms with Gasteiger partial charge in [-0.25, -0.2) is 8.78 Å². The highest BCUT2D eigenvalue weighted by molar-refractivity contribution is 4.84. The Balaban J connectivity index is 0.000000791. The molecule has 1 saturated heterocycles. The fourth-order valence-corrected chi connectivity index (χ4v) is 1.58. The Hall–Kier alpha value is -0.180. The molecule has 1 rings (SSSR count). The van der Waals surface area contributed by atoms with E-state index in [4.69, 9.17) is 0 Å². The number of hydrogen-bond acceptors (Lipinski definition) is 1. The summed E-state index contributed by atoms with van der Waals surface area (Å²) in [6.07, 6.45) is 0.0202. The van der Waals surface area contributed by atoms with Crippen molar-refractivity contribution < 1.29 is 8.78 Å². The molecule has 0 aromatic carbocycles. The molecule has 1 heterocycles. The topological polar surface area (TPSA) is 3.24 Å². The average molecular weight is 207 g/mol. The van der Waals surface area contributed by atoms with Crippen LogP contribution in [-0.2, 0) is 0 Å². The molecule has 1 aliphatic rings. The van der Waals surface area contributed by atoms with Crippen LogP contribution < -0.4 is 0 Å². The van der Waals surface area contributed by atoms with Crippen LogP contribution in [-0.4, -0.2) is 30.0 Å². The number of halogens is 2. The maximum Gasteiger partial charge on any atom is 0.253 e. The Morgan fingerprint density at radius 2 is 1.79 bits per heavy atom. The highest BCUT2D eigenvalue weighted by Crippen LogP contribution is 2.33. The summed E-state index contributed by atoms with van der Waals surface area (Å²) in [4.78, 5) is 2.11. The molecule has 0 bridgehead atoms. The van der Waals surface area contributed by atoms with Crippen LogP contribution in [0.3, 0.4) is 0 Å². The molecule has 1 fully saturated rings. The maximum absolute atomic E-state index is 13.0. The van der Waals surface area contributed by atoms with Gasteiger partial charge in [0.2, 0.25) is 0 Å². The van der Waals surface area contributed by atoms with E-state index in [0.29, 0.717) is 19.1 Å². The number of nitrogens with zero attached hydrogens (tertiary/aromatic N) is 1. The SMILES string of the molecule is CC.CC(C)N1CCC(F)(F)C(C)C1. The quantitative estimate of drug-likeness (QED) is 0.637. The maximum atomic E-state index is 13.0. The summed E-state index contributed by atoms with van der Waals surface area (Å²) in [5, 5.41) is 0. The first kappa shape index (κ1) is 13.8. The van der Waals surface area contributed by atoms with E-state index in [2.05, 4.69) is 18.7 Å². The summed E-state index contributed by atoms with van der Waals surface area (Å²) >= 11 is 0. The van der Waals surface area contributed by atoms with Crippen LogP contribution in [0.5, 0.6) is 0 Å². The van der Waals surface area contributed by atoms with Crippen molar-refractivity contribution in [2.45, 2.75) is 53.0 Å². The van der Waals surface area contributed by atoms with Crippen LogP contribution in [0.15, 0.2) is 0 Å². The lowest BCUT2D eigenvalue weighted by Gasteiger charge is -2.38. The van der Waals surface area contributed by atoms with E-state index in [0.717, 1.165) is 0 Å². The van der Waals surface area contributed by atoms with Crippen molar-refractivity contribution in [1.29, 1.82) is 0 Å². The third-order valence-corrected chi connectivity index (χ3v) is 2.69. The van der Waals surface area contributed by atoms with Crippen molar-refractivity contribution in [1.82, 2.24) is 4.90 Å². The van der Waals surface area contributed by atoms with Gasteiger partial charge in [-0.3, -0.25) is 0 Å². The molecule has 0 aromatic heterocycles. The zero-order valence-corrected chi connectivity index (χ0v) is 9.98. The summed E-state index contributed by atoms with van der Waals surface area (Å²) in [7, 11) is 0. The van der Waals surface area contributed by atoms with Gasteiger partial charge in [-0.15, -0.1) is 0 Å². The molecule has 0 saturated carbocycles. The lowest BCUT2D eigenvalue weighted by Crippen LogP contribution is -2.48. The smallest absolute Gasteiger partial charge is 0.253 e. The van der Waals surface area contributed by atoms with Crippen molar-refractivity contribution in [3.05, 3.63) is 0 Å². The summed E-state index contributed by atoms with van der Waals surface area (Å²) in [6, 6.07) is 0.392. The largest absolute Gasteiger partial charge is 0.300 e. The van der Waals surface area contributed by atoms with Crippen LogP contribution in [0.4, 0.5) is 8.78 Å². The Bertz CT molecular complexity index is 157. The summed E-state index contributed by atoms with van der Waals surface area (Å²) < 4.78 is 26.0. The molecule has 0 amide bonds. The molecule has 1 aliphatic heterocycles. The fourth-order valence-electron chi connectivity index (χ4n) is 1.58. The molecule has 0 aromatic rings. The first-order valence-electron chi connectivity index (χ1n) is 5.55. The highest BCUT2D eigenvalue weighted by Gasteiger charge is 2.41. The first-order chi connectivity index (χ1) is 6.43. The van der Waals surface area contributed by atoms with Crippen LogP contribution >= 0.6 is 0 Å². The Kier molecular flexibility index (Phi) is 5.57. The molecular formula is C11H23F2N. The minimum atomic E-state index is -2.44. The minimum absolute atomic E-state index is 0.0202. The Morgan fingerprint density at radius 3 is 2.14 bits per heavy atom. The third kappa shape index (κ3) is 3.52. The second-order valence-electron chi connectivity index (χ2n) is 4.00. The Labute approximate surface area is 86.5 Å². The standard InChI is InChI=1S/C9H17F2N.C2H6/c1-7(2)12-5-4-9(10,11)8(3)6-12;1-2/h7-8H,4-6H2,1-3H3;1-2H3. The second kappa shape index (κ2) is 5.64. The zero-order chi connectivity index (χ0) is 11.4. The van der Waals surface area contributed by atoms with Crippen molar-refractivity contribution in [2.24, 2.45) is 5.92 Å².